The first kappa shape index (κ1) is 12.5. The SMILES string of the molecule is CC(Oc1ccccc1)C(=O)O.[Na+]. The Bertz CT molecular complexity index is 261. The predicted octanol–water partition coefficient (Wildman–Crippen LogP) is -1.46. The molecule has 0 aliphatic heterocycles. The monoisotopic (exact) mass is 189 g/mol. The van der Waals surface area contributed by atoms with Gasteiger partial charge in [-0.1, -0.05) is 18.2 Å². The van der Waals surface area contributed by atoms with E-state index < -0.39 is 12.1 Å². The van der Waals surface area contributed by atoms with E-state index in [1.165, 1.54) is 6.92 Å². The quantitative estimate of drug-likeness (QED) is 0.591. The van der Waals surface area contributed by atoms with Gasteiger partial charge >= 0.3 is 35.5 Å². The number of carbonyl (C=O) groups is 1. The molecule has 64 valence electrons. The molecule has 0 saturated heterocycles. The first-order chi connectivity index (χ1) is 5.70. The van der Waals surface area contributed by atoms with Crippen molar-refractivity contribution < 1.29 is 44.2 Å². The summed E-state index contributed by atoms with van der Waals surface area (Å²) in [4.78, 5) is 10.4. The second-order valence-corrected chi connectivity index (χ2v) is 2.41. The number of carboxylic acid groups (broad SMARTS) is 1. The van der Waals surface area contributed by atoms with Crippen molar-refractivity contribution in [2.75, 3.05) is 0 Å². The second kappa shape index (κ2) is 6.02. The minimum absolute atomic E-state index is 0. The number of benzene rings is 1. The molecular formula is C9H10NaO3+. The molecule has 0 aliphatic rings. The van der Waals surface area contributed by atoms with Gasteiger partial charge in [-0.3, -0.25) is 0 Å². The summed E-state index contributed by atoms with van der Waals surface area (Å²) in [6.45, 7) is 1.50. The first-order valence-corrected chi connectivity index (χ1v) is 3.64. The van der Waals surface area contributed by atoms with E-state index in [-0.39, 0.29) is 29.6 Å². The van der Waals surface area contributed by atoms with Crippen LogP contribution in [0.1, 0.15) is 6.92 Å². The minimum Gasteiger partial charge on any atom is -0.479 e. The smallest absolute Gasteiger partial charge is 0.479 e. The molecule has 0 amide bonds. The zero-order valence-corrected chi connectivity index (χ0v) is 9.73. The van der Waals surface area contributed by atoms with Gasteiger partial charge in [-0.25, -0.2) is 4.79 Å². The Morgan fingerprint density at radius 1 is 1.38 bits per heavy atom. The van der Waals surface area contributed by atoms with Crippen LogP contribution in [0.25, 0.3) is 0 Å². The summed E-state index contributed by atoms with van der Waals surface area (Å²) in [6.07, 6.45) is -0.799. The average molecular weight is 189 g/mol. The molecule has 0 saturated carbocycles. The molecule has 0 fully saturated rings. The molecule has 0 spiro atoms. The van der Waals surface area contributed by atoms with Gasteiger partial charge < -0.3 is 9.84 Å². The van der Waals surface area contributed by atoms with Crippen LogP contribution in [0.15, 0.2) is 30.3 Å². The van der Waals surface area contributed by atoms with Crippen molar-refractivity contribution in [1.29, 1.82) is 0 Å². The van der Waals surface area contributed by atoms with Crippen LogP contribution in [0.4, 0.5) is 0 Å². The van der Waals surface area contributed by atoms with Gasteiger partial charge in [-0.2, -0.15) is 0 Å². The second-order valence-electron chi connectivity index (χ2n) is 2.41. The molecule has 4 heteroatoms. The summed E-state index contributed by atoms with van der Waals surface area (Å²) in [5, 5.41) is 8.52. The van der Waals surface area contributed by atoms with Crippen LogP contribution in [0.2, 0.25) is 0 Å². The van der Waals surface area contributed by atoms with Crippen LogP contribution < -0.4 is 34.3 Å². The van der Waals surface area contributed by atoms with E-state index in [0.29, 0.717) is 5.75 Å². The Morgan fingerprint density at radius 3 is 2.38 bits per heavy atom. The van der Waals surface area contributed by atoms with Crippen molar-refractivity contribution in [2.45, 2.75) is 13.0 Å². The van der Waals surface area contributed by atoms with Gasteiger partial charge in [0.15, 0.2) is 6.10 Å². The van der Waals surface area contributed by atoms with Crippen molar-refractivity contribution >= 4 is 5.97 Å². The molecule has 1 aromatic carbocycles. The van der Waals surface area contributed by atoms with E-state index in [2.05, 4.69) is 0 Å². The fourth-order valence-corrected chi connectivity index (χ4v) is 0.754. The van der Waals surface area contributed by atoms with E-state index in [1.54, 1.807) is 24.3 Å². The molecular weight excluding hydrogens is 179 g/mol. The fraction of sp³-hybridized carbons (Fsp3) is 0.222. The Hall–Kier alpha value is -0.510. The van der Waals surface area contributed by atoms with Gasteiger partial charge in [0.2, 0.25) is 0 Å². The average Bonchev–Trinajstić information content (AvgIpc) is 2.06. The number of ether oxygens (including phenoxy) is 1. The van der Waals surface area contributed by atoms with Crippen LogP contribution in [0.3, 0.4) is 0 Å². The molecule has 0 aromatic heterocycles. The summed E-state index contributed by atoms with van der Waals surface area (Å²) in [5.74, 6) is -0.383. The Kier molecular flexibility index (Phi) is 5.79. The molecule has 1 N–H and O–H groups in total. The van der Waals surface area contributed by atoms with Gasteiger partial charge in [-0.05, 0) is 19.1 Å². The van der Waals surface area contributed by atoms with Crippen molar-refractivity contribution in [1.82, 2.24) is 0 Å². The third-order valence-corrected chi connectivity index (χ3v) is 1.40. The number of para-hydroxylation sites is 1. The van der Waals surface area contributed by atoms with E-state index in [1.807, 2.05) is 6.07 Å². The van der Waals surface area contributed by atoms with Crippen molar-refractivity contribution in [3.05, 3.63) is 30.3 Å². The van der Waals surface area contributed by atoms with Crippen molar-refractivity contribution in [3.63, 3.8) is 0 Å². The maximum Gasteiger partial charge on any atom is 1.00 e. The number of carboxylic acids is 1. The van der Waals surface area contributed by atoms with Crippen LogP contribution >= 0.6 is 0 Å². The van der Waals surface area contributed by atoms with Gasteiger partial charge in [0.1, 0.15) is 5.75 Å². The number of hydrogen-bond donors (Lipinski definition) is 1. The molecule has 0 bridgehead atoms. The molecule has 0 heterocycles. The van der Waals surface area contributed by atoms with E-state index in [0.717, 1.165) is 0 Å². The maximum absolute atomic E-state index is 10.4. The van der Waals surface area contributed by atoms with Gasteiger partial charge in [0, 0.05) is 0 Å². The number of hydrogen-bond acceptors (Lipinski definition) is 2. The molecule has 1 unspecified atom stereocenters. The maximum atomic E-state index is 10.4. The van der Waals surface area contributed by atoms with Gasteiger partial charge in [0.25, 0.3) is 0 Å². The van der Waals surface area contributed by atoms with Gasteiger partial charge in [0.05, 0.1) is 0 Å². The normalized spacial score (nSPS) is 11.2. The molecule has 1 aromatic rings. The Morgan fingerprint density at radius 2 is 1.92 bits per heavy atom. The summed E-state index contributed by atoms with van der Waals surface area (Å²) in [7, 11) is 0. The molecule has 3 nitrogen and oxygen atoms in total. The summed E-state index contributed by atoms with van der Waals surface area (Å²) in [6, 6.07) is 8.88. The largest absolute Gasteiger partial charge is 1.00 e. The van der Waals surface area contributed by atoms with E-state index in [4.69, 9.17) is 9.84 Å². The van der Waals surface area contributed by atoms with E-state index >= 15 is 0 Å². The third-order valence-electron chi connectivity index (χ3n) is 1.40. The summed E-state index contributed by atoms with van der Waals surface area (Å²) < 4.78 is 5.08. The summed E-state index contributed by atoms with van der Waals surface area (Å²) in [5.41, 5.74) is 0. The molecule has 0 radical (unpaired) electrons. The first-order valence-electron chi connectivity index (χ1n) is 3.64. The number of rotatable bonds is 3. The minimum atomic E-state index is -0.959. The van der Waals surface area contributed by atoms with Crippen molar-refractivity contribution in [2.24, 2.45) is 0 Å². The Labute approximate surface area is 99.0 Å². The number of aliphatic carboxylic acids is 1. The third kappa shape index (κ3) is 4.31. The zero-order chi connectivity index (χ0) is 8.97. The summed E-state index contributed by atoms with van der Waals surface area (Å²) >= 11 is 0. The van der Waals surface area contributed by atoms with Crippen LogP contribution in [-0.2, 0) is 4.79 Å². The van der Waals surface area contributed by atoms with E-state index in [9.17, 15) is 4.79 Å². The van der Waals surface area contributed by atoms with Crippen LogP contribution in [0.5, 0.6) is 5.75 Å². The topological polar surface area (TPSA) is 46.5 Å². The molecule has 0 aliphatic carbocycles. The zero-order valence-electron chi connectivity index (χ0n) is 7.73. The molecule has 1 atom stereocenters. The van der Waals surface area contributed by atoms with Gasteiger partial charge in [-0.15, -0.1) is 0 Å². The molecule has 1 rings (SSSR count). The standard InChI is InChI=1S/C9H10O3.Na/c1-7(9(10)11)12-8-5-3-2-4-6-8;/h2-7H,1H3,(H,10,11);/q;+1. The Balaban J connectivity index is 0.00000144. The van der Waals surface area contributed by atoms with Crippen molar-refractivity contribution in [3.8, 4) is 5.75 Å². The van der Waals surface area contributed by atoms with Crippen LogP contribution in [-0.4, -0.2) is 17.2 Å². The molecule has 13 heavy (non-hydrogen) atoms. The fourth-order valence-electron chi connectivity index (χ4n) is 0.754. The predicted molar refractivity (Wildman–Crippen MR) is 44.2 cm³/mol. The van der Waals surface area contributed by atoms with Crippen LogP contribution in [0, 0.1) is 0 Å².